The average molecular weight is 163 g/mol. The highest BCUT2D eigenvalue weighted by Crippen LogP contribution is 1.96. The number of nitrogens with two attached hydrogens (primary N) is 1. The summed E-state index contributed by atoms with van der Waals surface area (Å²) in [6.07, 6.45) is 0. The van der Waals surface area contributed by atoms with E-state index in [4.69, 9.17) is 20.7 Å². The molecule has 0 spiro atoms. The molecule has 0 bridgehead atoms. The van der Waals surface area contributed by atoms with Gasteiger partial charge in [-0.25, -0.2) is 0 Å². The van der Waals surface area contributed by atoms with E-state index in [2.05, 4.69) is 0 Å². The van der Waals surface area contributed by atoms with Crippen molar-refractivity contribution in [2.24, 2.45) is 11.7 Å². The molecule has 0 aliphatic heterocycles. The Morgan fingerprint density at radius 1 is 1.55 bits per heavy atom. The fraction of sp³-hybridized carbons (Fsp3) is 0.667. The van der Waals surface area contributed by atoms with Crippen LogP contribution in [0.2, 0.25) is 0 Å². The molecule has 0 saturated heterocycles. The maximum atomic E-state index is 10.0. The van der Waals surface area contributed by atoms with Crippen molar-refractivity contribution >= 4 is 12.4 Å². The second-order valence-corrected chi connectivity index (χ2v) is 2.21. The Labute approximate surface area is 64.8 Å². The van der Waals surface area contributed by atoms with E-state index < -0.39 is 12.0 Å². The lowest BCUT2D eigenvalue weighted by molar-refractivity contribution is -0.139. The summed E-state index contributed by atoms with van der Waals surface area (Å²) in [4.78, 5) is 18.4. The van der Waals surface area contributed by atoms with Crippen LogP contribution in [0.1, 0.15) is 13.8 Å². The molecule has 0 saturated carbocycles. The maximum absolute atomic E-state index is 10.0. The molecule has 5 nitrogen and oxygen atoms in total. The number of aliphatic carboxylic acids is 1. The molecule has 0 radical (unpaired) electrons. The third-order valence-corrected chi connectivity index (χ3v) is 1.00. The topological polar surface area (TPSA) is 101 Å². The molecule has 11 heavy (non-hydrogen) atoms. The van der Waals surface area contributed by atoms with Gasteiger partial charge >= 0.3 is 5.97 Å². The molecule has 1 unspecified atom stereocenters. The Morgan fingerprint density at radius 3 is 1.82 bits per heavy atom. The van der Waals surface area contributed by atoms with Crippen LogP contribution >= 0.6 is 0 Å². The zero-order valence-electron chi connectivity index (χ0n) is 6.52. The van der Waals surface area contributed by atoms with Gasteiger partial charge in [0.1, 0.15) is 6.04 Å². The molecule has 4 N–H and O–H groups in total. The van der Waals surface area contributed by atoms with Crippen molar-refractivity contribution in [3.05, 3.63) is 0 Å². The lowest BCUT2D eigenvalue weighted by Gasteiger charge is -2.07. The van der Waals surface area contributed by atoms with E-state index in [1.807, 2.05) is 0 Å². The Kier molecular flexibility index (Phi) is 8.01. The van der Waals surface area contributed by atoms with Crippen LogP contribution in [0, 0.1) is 5.92 Å². The first kappa shape index (κ1) is 12.6. The molecular formula is C6H13NO4. The molecule has 0 aliphatic rings. The minimum absolute atomic E-state index is 0.0208. The monoisotopic (exact) mass is 163 g/mol. The third kappa shape index (κ3) is 8.90. The van der Waals surface area contributed by atoms with Crippen LogP contribution < -0.4 is 5.73 Å². The van der Waals surface area contributed by atoms with Crippen molar-refractivity contribution in [2.75, 3.05) is 0 Å². The van der Waals surface area contributed by atoms with Gasteiger partial charge in [-0.3, -0.25) is 9.59 Å². The second kappa shape index (κ2) is 7.01. The SMILES string of the molecule is CC(C)C(N)C(=O)O.O=CO. The standard InChI is InChI=1S/C5H11NO2.CH2O2/c1-3(2)4(6)5(7)8;2-1-3/h3-4H,6H2,1-2H3,(H,7,8);1H,(H,2,3). The first-order chi connectivity index (χ1) is 4.97. The number of hydrogen-bond acceptors (Lipinski definition) is 3. The van der Waals surface area contributed by atoms with Crippen LogP contribution in [-0.4, -0.2) is 28.7 Å². The fourth-order valence-corrected chi connectivity index (χ4v) is 0.285. The fourth-order valence-electron chi connectivity index (χ4n) is 0.285. The van der Waals surface area contributed by atoms with Gasteiger partial charge in [0.2, 0.25) is 0 Å². The van der Waals surface area contributed by atoms with Crippen molar-refractivity contribution in [1.82, 2.24) is 0 Å². The van der Waals surface area contributed by atoms with E-state index in [1.54, 1.807) is 13.8 Å². The number of hydrogen-bond donors (Lipinski definition) is 3. The molecule has 0 aromatic rings. The van der Waals surface area contributed by atoms with Crippen molar-refractivity contribution in [3.63, 3.8) is 0 Å². The normalized spacial score (nSPS) is 11.3. The van der Waals surface area contributed by atoms with Crippen LogP contribution in [0.15, 0.2) is 0 Å². The van der Waals surface area contributed by atoms with Gasteiger partial charge in [-0.2, -0.15) is 0 Å². The molecule has 0 rings (SSSR count). The Bertz CT molecular complexity index is 124. The molecule has 0 aromatic carbocycles. The van der Waals surface area contributed by atoms with Gasteiger partial charge < -0.3 is 15.9 Å². The molecule has 0 aromatic heterocycles. The van der Waals surface area contributed by atoms with Gasteiger partial charge in [-0.15, -0.1) is 0 Å². The molecular weight excluding hydrogens is 150 g/mol. The summed E-state index contributed by atoms with van der Waals surface area (Å²) in [5.74, 6) is -0.910. The van der Waals surface area contributed by atoms with Crippen LogP contribution in [0.3, 0.4) is 0 Å². The summed E-state index contributed by atoms with van der Waals surface area (Å²) >= 11 is 0. The van der Waals surface area contributed by atoms with Crippen molar-refractivity contribution in [2.45, 2.75) is 19.9 Å². The van der Waals surface area contributed by atoms with Gasteiger partial charge in [0.15, 0.2) is 0 Å². The van der Waals surface area contributed by atoms with E-state index in [9.17, 15) is 4.79 Å². The Hall–Kier alpha value is -1.10. The number of rotatable bonds is 2. The molecule has 0 heterocycles. The minimum atomic E-state index is -0.931. The average Bonchev–Trinajstić information content (AvgIpc) is 1.87. The van der Waals surface area contributed by atoms with E-state index in [0.717, 1.165) is 0 Å². The van der Waals surface area contributed by atoms with E-state index >= 15 is 0 Å². The van der Waals surface area contributed by atoms with Crippen LogP contribution in [0.4, 0.5) is 0 Å². The predicted molar refractivity (Wildman–Crippen MR) is 39.1 cm³/mol. The smallest absolute Gasteiger partial charge is 0.320 e. The highest BCUT2D eigenvalue weighted by atomic mass is 16.4. The minimum Gasteiger partial charge on any atom is -0.483 e. The van der Waals surface area contributed by atoms with Crippen LogP contribution in [0.25, 0.3) is 0 Å². The second-order valence-electron chi connectivity index (χ2n) is 2.21. The predicted octanol–water partition coefficient (Wildman–Crippen LogP) is -0.245. The molecule has 5 heteroatoms. The van der Waals surface area contributed by atoms with Gasteiger partial charge in [0, 0.05) is 0 Å². The quantitative estimate of drug-likeness (QED) is 0.487. The first-order valence-corrected chi connectivity index (χ1v) is 3.03. The van der Waals surface area contributed by atoms with E-state index in [-0.39, 0.29) is 12.4 Å². The summed E-state index contributed by atoms with van der Waals surface area (Å²) in [5.41, 5.74) is 5.16. The lowest BCUT2D eigenvalue weighted by atomic mass is 10.1. The zero-order chi connectivity index (χ0) is 9.44. The largest absolute Gasteiger partial charge is 0.483 e. The van der Waals surface area contributed by atoms with Gasteiger partial charge in [0.25, 0.3) is 6.47 Å². The molecule has 0 amide bonds. The number of carboxylic acids is 1. The van der Waals surface area contributed by atoms with E-state index in [0.29, 0.717) is 0 Å². The van der Waals surface area contributed by atoms with E-state index in [1.165, 1.54) is 0 Å². The lowest BCUT2D eigenvalue weighted by Crippen LogP contribution is -2.34. The molecule has 0 fully saturated rings. The van der Waals surface area contributed by atoms with Crippen LogP contribution in [-0.2, 0) is 9.59 Å². The Morgan fingerprint density at radius 2 is 1.82 bits per heavy atom. The summed E-state index contributed by atoms with van der Waals surface area (Å²) in [6, 6.07) is -0.713. The van der Waals surface area contributed by atoms with Gasteiger partial charge in [-0.1, -0.05) is 13.8 Å². The highest BCUT2D eigenvalue weighted by molar-refractivity contribution is 5.73. The molecule has 1 atom stereocenters. The number of carbonyl (C=O) groups is 2. The van der Waals surface area contributed by atoms with Crippen molar-refractivity contribution in [3.8, 4) is 0 Å². The summed E-state index contributed by atoms with van der Waals surface area (Å²) in [6.45, 7) is 3.30. The summed E-state index contributed by atoms with van der Waals surface area (Å²) in [7, 11) is 0. The van der Waals surface area contributed by atoms with Gasteiger partial charge in [0.05, 0.1) is 0 Å². The third-order valence-electron chi connectivity index (χ3n) is 1.00. The van der Waals surface area contributed by atoms with Crippen LogP contribution in [0.5, 0.6) is 0 Å². The Balaban J connectivity index is 0. The van der Waals surface area contributed by atoms with Crippen molar-refractivity contribution in [1.29, 1.82) is 0 Å². The zero-order valence-corrected chi connectivity index (χ0v) is 6.52. The first-order valence-electron chi connectivity index (χ1n) is 3.03. The molecule has 66 valence electrons. The highest BCUT2D eigenvalue weighted by Gasteiger charge is 2.14. The maximum Gasteiger partial charge on any atom is 0.320 e. The summed E-state index contributed by atoms with van der Waals surface area (Å²) in [5, 5.41) is 15.1. The van der Waals surface area contributed by atoms with Crippen molar-refractivity contribution < 1.29 is 19.8 Å². The number of carboxylic acid groups (broad SMARTS) is 2. The van der Waals surface area contributed by atoms with Gasteiger partial charge in [-0.05, 0) is 5.92 Å². The summed E-state index contributed by atoms with van der Waals surface area (Å²) < 4.78 is 0. The molecule has 0 aliphatic carbocycles.